The molecule has 8 heteroatoms. The summed E-state index contributed by atoms with van der Waals surface area (Å²) in [5.74, 6) is 0.659. The van der Waals surface area contributed by atoms with Crippen molar-refractivity contribution in [2.24, 2.45) is 0 Å². The van der Waals surface area contributed by atoms with Crippen LogP contribution in [0.2, 0.25) is 0 Å². The van der Waals surface area contributed by atoms with E-state index in [0.29, 0.717) is 11.4 Å². The van der Waals surface area contributed by atoms with Crippen molar-refractivity contribution in [1.82, 2.24) is 5.32 Å². The molecule has 6 nitrogen and oxygen atoms in total. The summed E-state index contributed by atoms with van der Waals surface area (Å²) < 4.78 is 33.6. The summed E-state index contributed by atoms with van der Waals surface area (Å²) >= 11 is 1.72. The van der Waals surface area contributed by atoms with Gasteiger partial charge in [-0.15, -0.1) is 11.8 Å². The van der Waals surface area contributed by atoms with E-state index in [4.69, 9.17) is 4.74 Å². The van der Waals surface area contributed by atoms with E-state index in [9.17, 15) is 13.2 Å². The van der Waals surface area contributed by atoms with Crippen LogP contribution < -0.4 is 14.8 Å². The largest absolute Gasteiger partial charge is 0.496 e. The SMILES string of the molecule is CNC(=O)c1cc(S(=O)(=O)Nc2ccc(CSc3ccccc3)cc2C)ccc1OC. The fraction of sp³-hybridized carbons (Fsp3) is 0.174. The summed E-state index contributed by atoms with van der Waals surface area (Å²) in [4.78, 5) is 13.2. The molecular formula is C23H24N2O4S2. The van der Waals surface area contributed by atoms with Gasteiger partial charge in [-0.05, 0) is 54.4 Å². The van der Waals surface area contributed by atoms with Crippen molar-refractivity contribution < 1.29 is 17.9 Å². The zero-order valence-corrected chi connectivity index (χ0v) is 19.1. The molecule has 0 radical (unpaired) electrons. The minimum atomic E-state index is -3.88. The second-order valence-electron chi connectivity index (χ2n) is 6.80. The Morgan fingerprint density at radius 3 is 2.42 bits per heavy atom. The Kier molecular flexibility index (Phi) is 7.25. The molecule has 0 bridgehead atoms. The standard InChI is InChI=1S/C23H24N2O4S2/c1-16-13-17(15-30-18-7-5-4-6-8-18)9-11-21(16)25-31(27,28)19-10-12-22(29-3)20(14-19)23(26)24-2/h4-14,25H,15H2,1-3H3,(H,24,26). The molecular weight excluding hydrogens is 432 g/mol. The molecule has 0 unspecified atom stereocenters. The van der Waals surface area contributed by atoms with Crippen molar-refractivity contribution in [2.45, 2.75) is 22.5 Å². The Balaban J connectivity index is 1.79. The van der Waals surface area contributed by atoms with E-state index in [0.717, 1.165) is 16.9 Å². The highest BCUT2D eigenvalue weighted by molar-refractivity contribution is 7.98. The minimum Gasteiger partial charge on any atom is -0.496 e. The molecule has 1 amide bonds. The highest BCUT2D eigenvalue weighted by Crippen LogP contribution is 2.27. The average molecular weight is 457 g/mol. The maximum absolute atomic E-state index is 12.9. The van der Waals surface area contributed by atoms with Gasteiger partial charge in [0.25, 0.3) is 15.9 Å². The molecule has 0 aliphatic heterocycles. The lowest BCUT2D eigenvalue weighted by molar-refractivity contribution is 0.0960. The van der Waals surface area contributed by atoms with Gasteiger partial charge in [0, 0.05) is 17.7 Å². The first-order valence-corrected chi connectivity index (χ1v) is 12.0. The minimum absolute atomic E-state index is 0.0185. The van der Waals surface area contributed by atoms with Crippen molar-refractivity contribution in [1.29, 1.82) is 0 Å². The third kappa shape index (κ3) is 5.59. The van der Waals surface area contributed by atoms with Gasteiger partial charge in [-0.25, -0.2) is 8.42 Å². The molecule has 3 aromatic carbocycles. The number of carbonyl (C=O) groups excluding carboxylic acids is 1. The maximum Gasteiger partial charge on any atom is 0.261 e. The van der Waals surface area contributed by atoms with Crippen LogP contribution in [0.3, 0.4) is 0 Å². The topological polar surface area (TPSA) is 84.5 Å². The van der Waals surface area contributed by atoms with Crippen LogP contribution in [0.4, 0.5) is 5.69 Å². The van der Waals surface area contributed by atoms with Gasteiger partial charge in [0.2, 0.25) is 0 Å². The highest BCUT2D eigenvalue weighted by atomic mass is 32.2. The van der Waals surface area contributed by atoms with Crippen molar-refractivity contribution in [3.05, 3.63) is 83.4 Å². The number of ether oxygens (including phenoxy) is 1. The van der Waals surface area contributed by atoms with Gasteiger partial charge in [0.15, 0.2) is 0 Å². The van der Waals surface area contributed by atoms with E-state index >= 15 is 0 Å². The van der Waals surface area contributed by atoms with E-state index in [1.807, 2.05) is 37.3 Å². The summed E-state index contributed by atoms with van der Waals surface area (Å²) in [5, 5.41) is 2.49. The zero-order valence-electron chi connectivity index (χ0n) is 17.5. The number of anilines is 1. The van der Waals surface area contributed by atoms with Gasteiger partial charge in [-0.1, -0.05) is 30.3 Å². The van der Waals surface area contributed by atoms with Crippen molar-refractivity contribution in [2.75, 3.05) is 18.9 Å². The summed E-state index contributed by atoms with van der Waals surface area (Å²) in [5.41, 5.74) is 2.55. The van der Waals surface area contributed by atoms with Crippen LogP contribution >= 0.6 is 11.8 Å². The van der Waals surface area contributed by atoms with E-state index in [1.54, 1.807) is 17.8 Å². The van der Waals surface area contributed by atoms with Gasteiger partial charge in [-0.3, -0.25) is 9.52 Å². The number of sulfonamides is 1. The highest BCUT2D eigenvalue weighted by Gasteiger charge is 2.20. The first kappa shape index (κ1) is 22.7. The molecule has 0 heterocycles. The van der Waals surface area contributed by atoms with Crippen molar-refractivity contribution >= 4 is 33.4 Å². The second kappa shape index (κ2) is 9.89. The molecule has 3 rings (SSSR count). The Hall–Kier alpha value is -2.97. The number of nitrogens with one attached hydrogen (secondary N) is 2. The fourth-order valence-corrected chi connectivity index (χ4v) is 5.00. The van der Waals surface area contributed by atoms with Crippen LogP contribution in [0.5, 0.6) is 5.75 Å². The Morgan fingerprint density at radius 2 is 1.77 bits per heavy atom. The predicted octanol–water partition coefficient (Wildman–Crippen LogP) is 4.46. The van der Waals surface area contributed by atoms with Gasteiger partial charge < -0.3 is 10.1 Å². The molecule has 0 saturated carbocycles. The molecule has 0 atom stereocenters. The van der Waals surface area contributed by atoms with Gasteiger partial charge in [0.05, 0.1) is 23.3 Å². The van der Waals surface area contributed by atoms with Gasteiger partial charge in [-0.2, -0.15) is 0 Å². The molecule has 162 valence electrons. The number of rotatable bonds is 8. The van der Waals surface area contributed by atoms with E-state index in [1.165, 1.54) is 37.3 Å². The Labute approximate surface area is 187 Å². The normalized spacial score (nSPS) is 11.1. The fourth-order valence-electron chi connectivity index (χ4n) is 2.98. The maximum atomic E-state index is 12.9. The summed E-state index contributed by atoms with van der Waals surface area (Å²) in [6.45, 7) is 1.86. The number of methoxy groups -OCH3 is 1. The molecule has 0 aliphatic carbocycles. The van der Waals surface area contributed by atoms with Crippen LogP contribution in [-0.4, -0.2) is 28.5 Å². The quantitative estimate of drug-likeness (QED) is 0.489. The molecule has 0 saturated heterocycles. The number of aryl methyl sites for hydroxylation is 1. The van der Waals surface area contributed by atoms with Crippen molar-refractivity contribution in [3.63, 3.8) is 0 Å². The molecule has 0 aliphatic rings. The number of carbonyl (C=O) groups is 1. The van der Waals surface area contributed by atoms with E-state index in [2.05, 4.69) is 22.2 Å². The van der Waals surface area contributed by atoms with Crippen LogP contribution in [0.15, 0.2) is 76.5 Å². The average Bonchev–Trinajstić information content (AvgIpc) is 2.79. The lowest BCUT2D eigenvalue weighted by atomic mass is 10.1. The lowest BCUT2D eigenvalue weighted by Crippen LogP contribution is -2.20. The molecule has 0 fully saturated rings. The number of amides is 1. The number of hydrogen-bond acceptors (Lipinski definition) is 5. The van der Waals surface area contributed by atoms with Crippen LogP contribution in [0, 0.1) is 6.92 Å². The third-order valence-electron chi connectivity index (χ3n) is 4.64. The Morgan fingerprint density at radius 1 is 1.03 bits per heavy atom. The lowest BCUT2D eigenvalue weighted by Gasteiger charge is -2.14. The van der Waals surface area contributed by atoms with Gasteiger partial charge >= 0.3 is 0 Å². The number of hydrogen-bond donors (Lipinski definition) is 2. The van der Waals surface area contributed by atoms with Crippen LogP contribution in [0.25, 0.3) is 0 Å². The Bertz CT molecular complexity index is 1180. The van der Waals surface area contributed by atoms with Crippen LogP contribution in [-0.2, 0) is 15.8 Å². The molecule has 31 heavy (non-hydrogen) atoms. The number of benzene rings is 3. The smallest absolute Gasteiger partial charge is 0.261 e. The monoisotopic (exact) mass is 456 g/mol. The third-order valence-corrected chi connectivity index (χ3v) is 7.08. The van der Waals surface area contributed by atoms with Gasteiger partial charge in [0.1, 0.15) is 5.75 Å². The predicted molar refractivity (Wildman–Crippen MR) is 124 cm³/mol. The van der Waals surface area contributed by atoms with E-state index < -0.39 is 15.9 Å². The summed E-state index contributed by atoms with van der Waals surface area (Å²) in [6.07, 6.45) is 0. The molecule has 2 N–H and O–H groups in total. The van der Waals surface area contributed by atoms with E-state index in [-0.39, 0.29) is 10.5 Å². The first-order valence-electron chi connectivity index (χ1n) is 9.54. The molecule has 0 aromatic heterocycles. The first-order chi connectivity index (χ1) is 14.8. The molecule has 3 aromatic rings. The second-order valence-corrected chi connectivity index (χ2v) is 9.53. The number of thioether (sulfide) groups is 1. The molecule has 0 spiro atoms. The summed E-state index contributed by atoms with van der Waals surface area (Å²) in [6, 6.07) is 19.9. The summed E-state index contributed by atoms with van der Waals surface area (Å²) in [7, 11) is -0.984. The van der Waals surface area contributed by atoms with Crippen molar-refractivity contribution in [3.8, 4) is 5.75 Å². The van der Waals surface area contributed by atoms with Crippen LogP contribution in [0.1, 0.15) is 21.5 Å². The zero-order chi connectivity index (χ0) is 22.4.